The number of alkyl halides is 1. The van der Waals surface area contributed by atoms with Gasteiger partial charge in [0.1, 0.15) is 28.9 Å². The summed E-state index contributed by atoms with van der Waals surface area (Å²) in [5.41, 5.74) is 7.95. The van der Waals surface area contributed by atoms with Crippen molar-refractivity contribution in [1.29, 1.82) is 5.41 Å². The van der Waals surface area contributed by atoms with Gasteiger partial charge >= 0.3 is 0 Å². The smallest absolute Gasteiger partial charge is 0.270 e. The van der Waals surface area contributed by atoms with Crippen LogP contribution in [0.15, 0.2) is 53.9 Å². The van der Waals surface area contributed by atoms with Crippen LogP contribution in [0.4, 0.5) is 8.78 Å². The molecule has 11 nitrogen and oxygen atoms in total. The number of nitrogens with two attached hydrogens (primary N) is 1. The minimum absolute atomic E-state index is 0.0815. The Morgan fingerprint density at radius 2 is 2.05 bits per heavy atom. The number of nitrogens with one attached hydrogen (secondary N) is 2. The van der Waals surface area contributed by atoms with Crippen LogP contribution in [0.2, 0.25) is 5.02 Å². The molecule has 4 heterocycles. The number of aromatic nitrogens is 5. The van der Waals surface area contributed by atoms with Gasteiger partial charge in [0.2, 0.25) is 0 Å². The number of amidine groups is 1. The summed E-state index contributed by atoms with van der Waals surface area (Å²) >= 11 is 6.02. The normalized spacial score (nSPS) is 17.1. The third kappa shape index (κ3) is 6.43. The maximum atomic E-state index is 14.9. The van der Waals surface area contributed by atoms with E-state index in [1.54, 1.807) is 18.3 Å². The second-order valence-corrected chi connectivity index (χ2v) is 9.25. The Morgan fingerprint density at radius 1 is 1.25 bits per heavy atom. The number of pyridine rings is 3. The minimum Gasteiger partial charge on any atom is -0.382 e. The van der Waals surface area contributed by atoms with Crippen molar-refractivity contribution >= 4 is 40.7 Å². The molecule has 1 amide bonds. The van der Waals surface area contributed by atoms with Crippen LogP contribution < -0.4 is 11.1 Å². The van der Waals surface area contributed by atoms with Gasteiger partial charge in [0.15, 0.2) is 24.3 Å². The fourth-order valence-electron chi connectivity index (χ4n) is 4.68. The van der Waals surface area contributed by atoms with E-state index in [9.17, 15) is 13.6 Å². The van der Waals surface area contributed by atoms with Crippen molar-refractivity contribution in [2.75, 3.05) is 6.86 Å². The first-order valence-electron chi connectivity index (χ1n) is 12.3. The molecule has 1 aliphatic carbocycles. The first kappa shape index (κ1) is 28.6. The zero-order valence-corrected chi connectivity index (χ0v) is 21.9. The van der Waals surface area contributed by atoms with Crippen LogP contribution >= 0.6 is 11.6 Å². The number of carbonyl (C=O) groups excluding carboxylic acids is 1. The number of hydrogen-bond acceptors (Lipinski definition) is 7. The average molecular weight is 570 g/mol. The van der Waals surface area contributed by atoms with Gasteiger partial charge in [-0.1, -0.05) is 11.6 Å². The van der Waals surface area contributed by atoms with Crippen LogP contribution in [0, 0.1) is 11.2 Å². The number of fused-ring (bicyclic) bond motifs is 1. The lowest BCUT2D eigenvalue weighted by atomic mass is 9.90. The number of rotatable bonds is 6. The van der Waals surface area contributed by atoms with Crippen LogP contribution in [0.3, 0.4) is 0 Å². The van der Waals surface area contributed by atoms with Crippen LogP contribution in [0.1, 0.15) is 47.9 Å². The van der Waals surface area contributed by atoms with Crippen molar-refractivity contribution in [3.05, 3.63) is 71.2 Å². The lowest BCUT2D eigenvalue weighted by Gasteiger charge is -2.32. The number of carbonyl (C=O) groups is 1. The van der Waals surface area contributed by atoms with E-state index in [2.05, 4.69) is 30.2 Å². The summed E-state index contributed by atoms with van der Waals surface area (Å²) in [5, 5.41) is 17.6. The van der Waals surface area contributed by atoms with E-state index in [4.69, 9.17) is 27.9 Å². The van der Waals surface area contributed by atoms with Crippen molar-refractivity contribution in [3.8, 4) is 11.5 Å². The third-order valence-electron chi connectivity index (χ3n) is 6.31. The highest BCUT2D eigenvalue weighted by atomic mass is 35.5. The number of imidazole rings is 1. The van der Waals surface area contributed by atoms with Gasteiger partial charge in [-0.3, -0.25) is 20.2 Å². The van der Waals surface area contributed by atoms with E-state index in [0.29, 0.717) is 34.0 Å². The molecule has 0 aromatic carbocycles. The van der Waals surface area contributed by atoms with Crippen LogP contribution in [-0.4, -0.2) is 60.6 Å². The van der Waals surface area contributed by atoms with Gasteiger partial charge in [0, 0.05) is 29.5 Å². The molecule has 0 spiro atoms. The summed E-state index contributed by atoms with van der Waals surface area (Å²) in [6.07, 6.45) is 8.39. The second kappa shape index (κ2) is 13.1. The largest absolute Gasteiger partial charge is 0.382 e. The summed E-state index contributed by atoms with van der Waals surface area (Å²) in [6.45, 7) is -1.25. The van der Waals surface area contributed by atoms with Gasteiger partial charge in [0.05, 0.1) is 11.7 Å². The van der Waals surface area contributed by atoms with Gasteiger partial charge in [-0.2, -0.15) is 0 Å². The average Bonchev–Trinajstić information content (AvgIpc) is 3.32. The third-order valence-corrected chi connectivity index (χ3v) is 6.55. The van der Waals surface area contributed by atoms with Gasteiger partial charge in [-0.05, 0) is 56.0 Å². The number of aliphatic hydroxyl groups is 1. The number of halogens is 3. The molecule has 208 valence electrons. The summed E-state index contributed by atoms with van der Waals surface area (Å²) in [6, 6.07) is 7.47. The molecule has 0 aliphatic heterocycles. The molecule has 40 heavy (non-hydrogen) atoms. The number of hydrogen-bond donors (Lipinski definition) is 4. The van der Waals surface area contributed by atoms with Crippen molar-refractivity contribution in [2.24, 2.45) is 10.7 Å². The summed E-state index contributed by atoms with van der Waals surface area (Å²) in [5.74, 6) is -0.354. The molecular formula is C26H26ClF2N9O2. The summed E-state index contributed by atoms with van der Waals surface area (Å²) in [7, 11) is 0. The maximum Gasteiger partial charge on any atom is 0.270 e. The zero-order chi connectivity index (χ0) is 28.6. The molecule has 5 N–H and O–H groups in total. The fraction of sp³-hybridized carbons (Fsp3) is 0.269. The van der Waals surface area contributed by atoms with Gasteiger partial charge in [0.25, 0.3) is 5.91 Å². The first-order chi connectivity index (χ1) is 19.4. The van der Waals surface area contributed by atoms with E-state index in [1.807, 2.05) is 4.57 Å². The molecule has 5 rings (SSSR count). The quantitative estimate of drug-likeness (QED) is 0.202. The van der Waals surface area contributed by atoms with Gasteiger partial charge < -0.3 is 20.7 Å². The Balaban J connectivity index is 0.00000118. The predicted molar refractivity (Wildman–Crippen MR) is 146 cm³/mol. The van der Waals surface area contributed by atoms with Crippen molar-refractivity contribution < 1.29 is 18.7 Å². The van der Waals surface area contributed by atoms with Crippen LogP contribution in [0.5, 0.6) is 0 Å². The lowest BCUT2D eigenvalue weighted by Crippen LogP contribution is -2.39. The Bertz CT molecular complexity index is 1550. The van der Waals surface area contributed by atoms with E-state index < -0.39 is 12.7 Å². The minimum atomic E-state index is -1.25. The van der Waals surface area contributed by atoms with Crippen LogP contribution in [0.25, 0.3) is 22.6 Å². The van der Waals surface area contributed by atoms with Gasteiger partial charge in [-0.25, -0.2) is 23.7 Å². The maximum absolute atomic E-state index is 14.9. The first-order valence-corrected chi connectivity index (χ1v) is 12.6. The predicted octanol–water partition coefficient (Wildman–Crippen LogP) is 3.81. The van der Waals surface area contributed by atoms with E-state index in [0.717, 1.165) is 25.6 Å². The highest BCUT2D eigenvalue weighted by Gasteiger charge is 2.30. The topological polar surface area (TPSA) is 168 Å². The summed E-state index contributed by atoms with van der Waals surface area (Å²) < 4.78 is 26.6. The zero-order valence-electron chi connectivity index (χ0n) is 21.1. The SMILES string of the molecule is N=CN=C(N)c1cc2c(cn1)nc(-c1ncccc1F)n2C1CCCC(NC(=O)c2cc(Cl)ccn2)C1.OCF. The molecule has 1 aliphatic rings. The van der Waals surface area contributed by atoms with Crippen molar-refractivity contribution in [3.63, 3.8) is 0 Å². The lowest BCUT2D eigenvalue weighted by molar-refractivity contribution is 0.0916. The van der Waals surface area contributed by atoms with Crippen LogP contribution in [-0.2, 0) is 0 Å². The van der Waals surface area contributed by atoms with Crippen molar-refractivity contribution in [2.45, 2.75) is 37.8 Å². The molecule has 2 unspecified atom stereocenters. The molecule has 14 heteroatoms. The highest BCUT2D eigenvalue weighted by molar-refractivity contribution is 6.30. The Hall–Kier alpha value is -4.36. The van der Waals surface area contributed by atoms with E-state index in [1.165, 1.54) is 30.6 Å². The Morgan fingerprint density at radius 3 is 2.77 bits per heavy atom. The molecule has 1 fully saturated rings. The van der Waals surface area contributed by atoms with E-state index in [-0.39, 0.29) is 35.2 Å². The van der Waals surface area contributed by atoms with E-state index >= 15 is 0 Å². The van der Waals surface area contributed by atoms with Crippen molar-refractivity contribution in [1.82, 2.24) is 29.8 Å². The number of nitrogens with zero attached hydrogens (tertiary/aromatic N) is 6. The van der Waals surface area contributed by atoms with Gasteiger partial charge in [-0.15, -0.1) is 0 Å². The second-order valence-electron chi connectivity index (χ2n) is 8.81. The molecule has 0 saturated heterocycles. The highest BCUT2D eigenvalue weighted by Crippen LogP contribution is 2.36. The number of aliphatic imine (C=N–C) groups is 1. The molecule has 4 aromatic rings. The Kier molecular flexibility index (Phi) is 9.40. The Labute approximate surface area is 232 Å². The fourth-order valence-corrected chi connectivity index (χ4v) is 4.84. The number of aliphatic hydroxyl groups excluding tert-OH is 1. The standard InChI is InChI=1S/C25H23ClFN9O.CH3FO/c26-14-6-8-30-19(9-14)25(37)34-15-3-1-4-16(10-15)36-21-11-18(23(29)33-13-28)32-12-20(21)35-24(36)22-17(27)5-2-7-31-22;2-1-3/h2,5-9,11-13,15-16H,1,3-4,10H2,(H,34,37)(H3,28,29,33);3H,1H2. The molecule has 0 bridgehead atoms. The molecule has 0 radical (unpaired) electrons. The molecule has 2 atom stereocenters. The monoisotopic (exact) mass is 569 g/mol. The molecule has 4 aromatic heterocycles. The number of amides is 1. The summed E-state index contributed by atoms with van der Waals surface area (Å²) in [4.78, 5) is 34.0. The molecular weight excluding hydrogens is 544 g/mol. The molecule has 1 saturated carbocycles.